The average Bonchev–Trinajstić information content (AvgIpc) is 3.39. The fourth-order valence-corrected chi connectivity index (χ4v) is 4.70. The van der Waals surface area contributed by atoms with E-state index in [-0.39, 0.29) is 12.0 Å². The predicted octanol–water partition coefficient (Wildman–Crippen LogP) is 4.99. The molecule has 0 aliphatic carbocycles. The van der Waals surface area contributed by atoms with Gasteiger partial charge in [-0.25, -0.2) is 4.79 Å². The summed E-state index contributed by atoms with van der Waals surface area (Å²) in [5, 5.41) is 0. The first-order valence-corrected chi connectivity index (χ1v) is 11.6. The maximum absolute atomic E-state index is 12.7. The molecular weight excluding hydrogens is 442 g/mol. The Morgan fingerprint density at radius 2 is 1.91 bits per heavy atom. The van der Waals surface area contributed by atoms with Gasteiger partial charge in [0.15, 0.2) is 0 Å². The first kappa shape index (κ1) is 22.5. The van der Waals surface area contributed by atoms with Crippen molar-refractivity contribution in [2.75, 3.05) is 13.2 Å². The standard InChI is InChI=1S/C25H23NO4S2/c1-17-4-6-18(7-5-17)10-13-23(27)30-20-11-8-19(9-12-20)15-22-24(28)26(25(31)32-22)16-21-3-2-14-29-21/h4-13,15,21H,2-3,14,16H2,1H3/b13-10+,22-15-/t21-/m1/s1. The van der Waals surface area contributed by atoms with Crippen LogP contribution in [-0.2, 0) is 14.3 Å². The molecule has 2 aromatic carbocycles. The Morgan fingerprint density at radius 1 is 1.19 bits per heavy atom. The number of thiocarbonyl (C=S) groups is 1. The molecule has 1 amide bonds. The fourth-order valence-electron chi connectivity index (χ4n) is 3.42. The van der Waals surface area contributed by atoms with Crippen molar-refractivity contribution >= 4 is 52.3 Å². The second-order valence-electron chi connectivity index (χ2n) is 7.66. The lowest BCUT2D eigenvalue weighted by Gasteiger charge is -2.18. The number of rotatable bonds is 6. The molecule has 2 aromatic rings. The summed E-state index contributed by atoms with van der Waals surface area (Å²) in [6.07, 6.45) is 6.96. The van der Waals surface area contributed by atoms with E-state index >= 15 is 0 Å². The summed E-state index contributed by atoms with van der Waals surface area (Å²) in [5.74, 6) is -0.104. The summed E-state index contributed by atoms with van der Waals surface area (Å²) < 4.78 is 11.5. The molecule has 2 fully saturated rings. The number of amides is 1. The van der Waals surface area contributed by atoms with Crippen molar-refractivity contribution in [3.05, 3.63) is 76.2 Å². The Labute approximate surface area is 197 Å². The highest BCUT2D eigenvalue weighted by atomic mass is 32.2. The molecule has 1 atom stereocenters. The molecule has 2 saturated heterocycles. The number of aryl methyl sites for hydroxylation is 1. The Balaban J connectivity index is 1.35. The van der Waals surface area contributed by atoms with Gasteiger partial charge >= 0.3 is 5.97 Å². The SMILES string of the molecule is Cc1ccc(/C=C/C(=O)Oc2ccc(/C=C3\SC(=S)N(C[C@H]4CCCO4)C3=O)cc2)cc1. The van der Waals surface area contributed by atoms with E-state index in [4.69, 9.17) is 21.7 Å². The summed E-state index contributed by atoms with van der Waals surface area (Å²) >= 11 is 6.69. The average molecular weight is 466 g/mol. The topological polar surface area (TPSA) is 55.8 Å². The number of esters is 1. The molecule has 32 heavy (non-hydrogen) atoms. The van der Waals surface area contributed by atoms with Crippen LogP contribution >= 0.6 is 24.0 Å². The van der Waals surface area contributed by atoms with E-state index in [1.807, 2.05) is 31.2 Å². The van der Waals surface area contributed by atoms with Crippen LogP contribution in [0.15, 0.2) is 59.5 Å². The minimum absolute atomic E-state index is 0.0610. The van der Waals surface area contributed by atoms with Crippen LogP contribution in [0.1, 0.15) is 29.5 Å². The number of carbonyl (C=O) groups is 2. The number of hydrogen-bond acceptors (Lipinski definition) is 6. The van der Waals surface area contributed by atoms with Gasteiger partial charge < -0.3 is 9.47 Å². The molecule has 2 aliphatic heterocycles. The smallest absolute Gasteiger partial charge is 0.336 e. The van der Waals surface area contributed by atoms with Crippen molar-refractivity contribution in [1.29, 1.82) is 0 Å². The third-order valence-electron chi connectivity index (χ3n) is 5.17. The molecule has 0 radical (unpaired) electrons. The maximum Gasteiger partial charge on any atom is 0.336 e. The molecule has 2 heterocycles. The quantitative estimate of drug-likeness (QED) is 0.259. The Morgan fingerprint density at radius 3 is 2.59 bits per heavy atom. The third-order valence-corrected chi connectivity index (χ3v) is 6.55. The van der Waals surface area contributed by atoms with E-state index in [9.17, 15) is 9.59 Å². The monoisotopic (exact) mass is 465 g/mol. The summed E-state index contributed by atoms with van der Waals surface area (Å²) in [7, 11) is 0. The second-order valence-corrected chi connectivity index (χ2v) is 9.34. The molecule has 0 unspecified atom stereocenters. The van der Waals surface area contributed by atoms with E-state index in [0.29, 0.717) is 21.5 Å². The largest absolute Gasteiger partial charge is 0.423 e. The van der Waals surface area contributed by atoms with Gasteiger partial charge in [-0.15, -0.1) is 0 Å². The molecule has 0 aromatic heterocycles. The Kier molecular flexibility index (Phi) is 7.19. The molecule has 4 rings (SSSR count). The van der Waals surface area contributed by atoms with Gasteiger partial charge in [-0.2, -0.15) is 0 Å². The van der Waals surface area contributed by atoms with Crippen molar-refractivity contribution in [2.45, 2.75) is 25.9 Å². The van der Waals surface area contributed by atoms with Gasteiger partial charge in [-0.3, -0.25) is 9.69 Å². The van der Waals surface area contributed by atoms with Crippen molar-refractivity contribution in [2.24, 2.45) is 0 Å². The fraction of sp³-hybridized carbons (Fsp3) is 0.240. The van der Waals surface area contributed by atoms with E-state index in [1.165, 1.54) is 17.8 Å². The van der Waals surface area contributed by atoms with Crippen molar-refractivity contribution in [3.8, 4) is 5.75 Å². The molecule has 0 N–H and O–H groups in total. The van der Waals surface area contributed by atoms with Crippen LogP contribution in [0.2, 0.25) is 0 Å². The van der Waals surface area contributed by atoms with Gasteiger partial charge in [0.25, 0.3) is 5.91 Å². The van der Waals surface area contributed by atoms with Crippen LogP contribution in [0, 0.1) is 6.92 Å². The van der Waals surface area contributed by atoms with E-state index < -0.39 is 5.97 Å². The first-order valence-electron chi connectivity index (χ1n) is 10.4. The zero-order valence-corrected chi connectivity index (χ0v) is 19.3. The predicted molar refractivity (Wildman–Crippen MR) is 131 cm³/mol. The number of carbonyl (C=O) groups excluding carboxylic acids is 2. The van der Waals surface area contributed by atoms with Crippen LogP contribution in [0.5, 0.6) is 5.75 Å². The van der Waals surface area contributed by atoms with Crippen LogP contribution in [0.3, 0.4) is 0 Å². The number of benzene rings is 2. The highest BCUT2D eigenvalue weighted by molar-refractivity contribution is 8.26. The molecule has 0 spiro atoms. The normalized spacial score (nSPS) is 20.0. The lowest BCUT2D eigenvalue weighted by atomic mass is 10.1. The number of hydrogen-bond donors (Lipinski definition) is 0. The van der Waals surface area contributed by atoms with Gasteiger partial charge in [-0.1, -0.05) is 65.9 Å². The van der Waals surface area contributed by atoms with Crippen molar-refractivity contribution in [1.82, 2.24) is 4.90 Å². The highest BCUT2D eigenvalue weighted by Gasteiger charge is 2.34. The van der Waals surface area contributed by atoms with Gasteiger partial charge in [0.05, 0.1) is 17.6 Å². The first-order chi connectivity index (χ1) is 15.5. The zero-order chi connectivity index (χ0) is 22.5. The lowest BCUT2D eigenvalue weighted by Crippen LogP contribution is -2.35. The second kappa shape index (κ2) is 10.3. The zero-order valence-electron chi connectivity index (χ0n) is 17.7. The summed E-state index contributed by atoms with van der Waals surface area (Å²) in [6.45, 7) is 3.26. The highest BCUT2D eigenvalue weighted by Crippen LogP contribution is 2.33. The molecule has 5 nitrogen and oxygen atoms in total. The van der Waals surface area contributed by atoms with Crippen molar-refractivity contribution in [3.63, 3.8) is 0 Å². The molecule has 2 aliphatic rings. The molecule has 0 bridgehead atoms. The van der Waals surface area contributed by atoms with Crippen LogP contribution in [0.25, 0.3) is 12.2 Å². The summed E-state index contributed by atoms with van der Waals surface area (Å²) in [4.78, 5) is 27.0. The summed E-state index contributed by atoms with van der Waals surface area (Å²) in [6, 6.07) is 14.9. The van der Waals surface area contributed by atoms with E-state index in [2.05, 4.69) is 0 Å². The van der Waals surface area contributed by atoms with Crippen molar-refractivity contribution < 1.29 is 19.1 Å². The molecule has 164 valence electrons. The minimum atomic E-state index is -0.451. The number of nitrogens with zero attached hydrogens (tertiary/aromatic N) is 1. The van der Waals surface area contributed by atoms with Gasteiger partial charge in [0, 0.05) is 12.7 Å². The maximum atomic E-state index is 12.7. The van der Waals surface area contributed by atoms with Crippen LogP contribution < -0.4 is 4.74 Å². The molecule has 7 heteroatoms. The molecule has 0 saturated carbocycles. The van der Waals surface area contributed by atoms with Gasteiger partial charge in [0.1, 0.15) is 10.1 Å². The number of ether oxygens (including phenoxy) is 2. The van der Waals surface area contributed by atoms with Gasteiger partial charge in [-0.05, 0) is 55.2 Å². The van der Waals surface area contributed by atoms with E-state index in [0.717, 1.165) is 36.1 Å². The third kappa shape index (κ3) is 5.73. The Bertz CT molecular complexity index is 1070. The minimum Gasteiger partial charge on any atom is -0.423 e. The van der Waals surface area contributed by atoms with Crippen LogP contribution in [0.4, 0.5) is 0 Å². The van der Waals surface area contributed by atoms with Crippen LogP contribution in [-0.4, -0.2) is 40.4 Å². The summed E-state index contributed by atoms with van der Waals surface area (Å²) in [5.41, 5.74) is 2.92. The van der Waals surface area contributed by atoms with Gasteiger partial charge in [0.2, 0.25) is 0 Å². The van der Waals surface area contributed by atoms with E-state index in [1.54, 1.807) is 41.3 Å². The Hall–Kier alpha value is -2.74. The molecular formula is C25H23NO4S2. The lowest BCUT2D eigenvalue weighted by molar-refractivity contribution is -0.129. The number of thioether (sulfide) groups is 1.